The van der Waals surface area contributed by atoms with Crippen molar-refractivity contribution in [3.8, 4) is 22.9 Å². The number of aliphatic hydroxyl groups is 1. The molecule has 0 unspecified atom stereocenters. The summed E-state index contributed by atoms with van der Waals surface area (Å²) < 4.78 is 14.3. The lowest BCUT2D eigenvalue weighted by molar-refractivity contribution is 0.167. The first-order chi connectivity index (χ1) is 16.7. The minimum absolute atomic E-state index is 0.0866. The van der Waals surface area contributed by atoms with Crippen LogP contribution < -0.4 is 14.4 Å². The number of benzene rings is 3. The van der Waals surface area contributed by atoms with Gasteiger partial charge in [-0.2, -0.15) is 0 Å². The van der Waals surface area contributed by atoms with Crippen LogP contribution in [-0.2, 0) is 0 Å². The Morgan fingerprint density at radius 3 is 2.24 bits per heavy atom. The second-order valence-electron chi connectivity index (χ2n) is 8.75. The maximum Gasteiger partial charge on any atom is 0.133 e. The quantitative estimate of drug-likeness (QED) is 0.322. The fourth-order valence-electron chi connectivity index (χ4n) is 4.36. The Labute approximate surface area is 199 Å². The monoisotopic (exact) mass is 450 g/mol. The number of anilines is 1. The predicted octanol–water partition coefficient (Wildman–Crippen LogP) is 6.60. The fourth-order valence-corrected chi connectivity index (χ4v) is 4.36. The van der Waals surface area contributed by atoms with E-state index in [-0.39, 0.29) is 6.10 Å². The molecule has 2 aliphatic rings. The summed E-state index contributed by atoms with van der Waals surface area (Å²) in [7, 11) is 0. The smallest absolute Gasteiger partial charge is 0.133 e. The lowest BCUT2D eigenvalue weighted by Crippen LogP contribution is -2.54. The summed E-state index contributed by atoms with van der Waals surface area (Å²) in [6.45, 7) is 1.55. The van der Waals surface area contributed by atoms with Crippen molar-refractivity contribution in [1.82, 2.24) is 4.57 Å². The Balaban J connectivity index is 1.18. The minimum atomic E-state index is 0.0866. The first-order valence-electron chi connectivity index (χ1n) is 11.7. The molecule has 2 heterocycles. The van der Waals surface area contributed by atoms with Gasteiger partial charge in [0, 0.05) is 24.0 Å². The predicted molar refractivity (Wildman–Crippen MR) is 134 cm³/mol. The molecule has 1 aliphatic carbocycles. The molecule has 0 spiro atoms. The van der Waals surface area contributed by atoms with Crippen LogP contribution in [0.25, 0.3) is 11.4 Å². The van der Waals surface area contributed by atoms with E-state index in [2.05, 4.69) is 15.5 Å². The normalized spacial score (nSPS) is 15.1. The number of aromatic nitrogens is 1. The second kappa shape index (κ2) is 8.67. The first kappa shape index (κ1) is 20.5. The summed E-state index contributed by atoms with van der Waals surface area (Å²) in [5.74, 6) is 2.78. The number of aliphatic hydroxyl groups excluding tert-OH is 1. The zero-order valence-electron chi connectivity index (χ0n) is 18.8. The van der Waals surface area contributed by atoms with Crippen LogP contribution in [0.3, 0.4) is 0 Å². The van der Waals surface area contributed by atoms with E-state index < -0.39 is 0 Å². The molecule has 0 radical (unpaired) electrons. The summed E-state index contributed by atoms with van der Waals surface area (Å²) in [6.07, 6.45) is 6.10. The lowest BCUT2D eigenvalue weighted by Gasteiger charge is -2.41. The van der Waals surface area contributed by atoms with Gasteiger partial charge in [0.1, 0.15) is 29.1 Å². The molecular formula is C29H26N2O3. The third-order valence-electron chi connectivity index (χ3n) is 6.24. The molecule has 0 amide bonds. The zero-order valence-corrected chi connectivity index (χ0v) is 18.8. The molecule has 5 heteroatoms. The van der Waals surface area contributed by atoms with Crippen molar-refractivity contribution in [1.29, 1.82) is 0 Å². The second-order valence-corrected chi connectivity index (χ2v) is 8.75. The first-order valence-corrected chi connectivity index (χ1v) is 11.7. The molecule has 34 heavy (non-hydrogen) atoms. The molecular weight excluding hydrogens is 424 g/mol. The van der Waals surface area contributed by atoms with Gasteiger partial charge in [-0.1, -0.05) is 30.3 Å². The van der Waals surface area contributed by atoms with E-state index in [4.69, 9.17) is 9.47 Å². The Hall–Kier alpha value is -4.12. The van der Waals surface area contributed by atoms with Crippen LogP contribution in [0.5, 0.6) is 17.2 Å². The molecule has 6 rings (SSSR count). The number of rotatable bonds is 7. The molecule has 3 aromatic carbocycles. The van der Waals surface area contributed by atoms with Crippen molar-refractivity contribution in [3.05, 3.63) is 108 Å². The van der Waals surface area contributed by atoms with Gasteiger partial charge in [-0.15, -0.1) is 0 Å². The van der Waals surface area contributed by atoms with Crippen molar-refractivity contribution in [2.45, 2.75) is 18.9 Å². The number of para-hydroxylation sites is 2. The van der Waals surface area contributed by atoms with E-state index in [1.54, 1.807) is 0 Å². The summed E-state index contributed by atoms with van der Waals surface area (Å²) in [5, 5.41) is 10.8. The van der Waals surface area contributed by atoms with E-state index >= 15 is 0 Å². The fraction of sp³-hybridized carbons (Fsp3) is 0.172. The number of ether oxygens (including phenoxy) is 2. The van der Waals surface area contributed by atoms with Gasteiger partial charge in [0.25, 0.3) is 0 Å². The van der Waals surface area contributed by atoms with E-state index in [1.807, 2.05) is 91.3 Å². The molecule has 1 aliphatic heterocycles. The average molecular weight is 451 g/mol. The molecule has 170 valence electrons. The highest BCUT2D eigenvalue weighted by Crippen LogP contribution is 2.40. The van der Waals surface area contributed by atoms with Crippen molar-refractivity contribution in [3.63, 3.8) is 0 Å². The van der Waals surface area contributed by atoms with Crippen LogP contribution in [0.2, 0.25) is 0 Å². The highest BCUT2D eigenvalue weighted by atomic mass is 16.5. The van der Waals surface area contributed by atoms with Crippen LogP contribution in [0.1, 0.15) is 18.4 Å². The molecule has 0 atom stereocenters. The van der Waals surface area contributed by atoms with Crippen LogP contribution in [0.4, 0.5) is 5.69 Å². The Kier molecular flexibility index (Phi) is 5.22. The van der Waals surface area contributed by atoms with Crippen molar-refractivity contribution >= 4 is 11.4 Å². The average Bonchev–Trinajstić information content (AvgIpc) is 3.55. The van der Waals surface area contributed by atoms with Gasteiger partial charge in [-0.25, -0.2) is 0 Å². The maximum absolute atomic E-state index is 10.8. The minimum Gasteiger partial charge on any atom is -0.507 e. The van der Waals surface area contributed by atoms with Gasteiger partial charge in [0.05, 0.1) is 24.5 Å². The Bertz CT molecular complexity index is 1320. The third kappa shape index (κ3) is 4.13. The molecule has 5 nitrogen and oxygen atoms in total. The van der Waals surface area contributed by atoms with Crippen LogP contribution in [0.15, 0.2) is 103 Å². The zero-order chi connectivity index (χ0) is 22.9. The molecule has 1 saturated heterocycles. The third-order valence-corrected chi connectivity index (χ3v) is 6.24. The van der Waals surface area contributed by atoms with Crippen LogP contribution in [0, 0.1) is 0 Å². The van der Waals surface area contributed by atoms with Gasteiger partial charge in [0.2, 0.25) is 0 Å². The van der Waals surface area contributed by atoms with Gasteiger partial charge >= 0.3 is 0 Å². The molecule has 1 saturated carbocycles. The molecule has 2 fully saturated rings. The molecule has 0 bridgehead atoms. The van der Waals surface area contributed by atoms with Gasteiger partial charge < -0.3 is 24.0 Å². The van der Waals surface area contributed by atoms with Gasteiger partial charge in [0.15, 0.2) is 0 Å². The van der Waals surface area contributed by atoms with E-state index in [9.17, 15) is 5.11 Å². The van der Waals surface area contributed by atoms with Gasteiger partial charge in [-0.3, -0.25) is 0 Å². The summed E-state index contributed by atoms with van der Waals surface area (Å²) in [5.41, 5.74) is 4.13. The van der Waals surface area contributed by atoms with E-state index in [0.717, 1.165) is 65.7 Å². The van der Waals surface area contributed by atoms with Crippen LogP contribution >= 0.6 is 0 Å². The number of hydrogen-bond donors (Lipinski definition) is 1. The lowest BCUT2D eigenvalue weighted by atomic mass is 10.0. The number of hydrogen-bond acceptors (Lipinski definition) is 4. The topological polar surface area (TPSA) is 46.9 Å². The van der Waals surface area contributed by atoms with Crippen LogP contribution in [-0.4, -0.2) is 28.9 Å². The standard InChI is InChI=1S/C29H26N2O3/c32-29(21-14-15-21)26-12-7-13-27(28(26)30-16-4-5-17-30)31-19-25(20-31)34-24-11-6-10-23(18-24)33-22-8-2-1-3-9-22/h1-13,16-18,25,32H,14-15,19-20H2. The number of nitrogens with zero attached hydrogens (tertiary/aromatic N) is 2. The highest BCUT2D eigenvalue weighted by Gasteiger charge is 2.32. The molecule has 1 aromatic heterocycles. The summed E-state index contributed by atoms with van der Waals surface area (Å²) in [6, 6.07) is 27.7. The number of allylic oxidation sites excluding steroid dienone is 1. The highest BCUT2D eigenvalue weighted by molar-refractivity contribution is 5.80. The van der Waals surface area contributed by atoms with Crippen molar-refractivity contribution in [2.24, 2.45) is 0 Å². The van der Waals surface area contributed by atoms with E-state index in [0.29, 0.717) is 5.76 Å². The van der Waals surface area contributed by atoms with Crippen molar-refractivity contribution in [2.75, 3.05) is 18.0 Å². The molecule has 1 N–H and O–H groups in total. The SMILES string of the molecule is OC(=C1CC1)c1cccc(N2CC(Oc3cccc(Oc4ccccc4)c3)C2)c1-n1cccc1. The van der Waals surface area contributed by atoms with Crippen molar-refractivity contribution < 1.29 is 14.6 Å². The van der Waals surface area contributed by atoms with Gasteiger partial charge in [-0.05, 0) is 66.9 Å². The Morgan fingerprint density at radius 1 is 0.765 bits per heavy atom. The Morgan fingerprint density at radius 2 is 1.47 bits per heavy atom. The summed E-state index contributed by atoms with van der Waals surface area (Å²) in [4.78, 5) is 2.30. The molecule has 4 aromatic rings. The summed E-state index contributed by atoms with van der Waals surface area (Å²) >= 11 is 0. The largest absolute Gasteiger partial charge is 0.507 e. The van der Waals surface area contributed by atoms with E-state index in [1.165, 1.54) is 0 Å². The maximum atomic E-state index is 10.8.